The number of carbonyl (C=O) groups excluding carboxylic acids is 3. The highest BCUT2D eigenvalue weighted by Gasteiger charge is 2.40. The van der Waals surface area contributed by atoms with Crippen molar-refractivity contribution in [3.8, 4) is 11.5 Å². The summed E-state index contributed by atoms with van der Waals surface area (Å²) in [6, 6.07) is 10.4. The van der Waals surface area contributed by atoms with Gasteiger partial charge >= 0.3 is 0 Å². The van der Waals surface area contributed by atoms with Crippen LogP contribution in [0.25, 0.3) is 0 Å². The van der Waals surface area contributed by atoms with Crippen molar-refractivity contribution in [2.24, 2.45) is 0 Å². The highest BCUT2D eigenvalue weighted by Crippen LogP contribution is 2.40. The van der Waals surface area contributed by atoms with Gasteiger partial charge in [-0.05, 0) is 63.4 Å². The normalized spacial score (nSPS) is 18.1. The number of nitrogens with zero attached hydrogens (tertiary/aromatic N) is 3. The second-order valence-corrected chi connectivity index (χ2v) is 8.93. The molecule has 5 rings (SSSR count). The van der Waals surface area contributed by atoms with Crippen molar-refractivity contribution in [1.29, 1.82) is 0 Å². The molecular formula is C26H30N4O5. The van der Waals surface area contributed by atoms with E-state index in [0.29, 0.717) is 41.5 Å². The second kappa shape index (κ2) is 9.48. The molecule has 1 atom stereocenters. The number of nitrogens with one attached hydrogen (secondary N) is 1. The predicted octanol–water partition coefficient (Wildman–Crippen LogP) is 3.24. The molecule has 1 fully saturated rings. The Hall–Kier alpha value is -3.75. The third-order valence-electron chi connectivity index (χ3n) is 6.89. The molecule has 0 aliphatic carbocycles. The maximum absolute atomic E-state index is 13.6. The quantitative estimate of drug-likeness (QED) is 0.686. The summed E-state index contributed by atoms with van der Waals surface area (Å²) in [4.78, 5) is 45.0. The van der Waals surface area contributed by atoms with Gasteiger partial charge in [0.1, 0.15) is 12.6 Å². The maximum atomic E-state index is 13.6. The zero-order valence-electron chi connectivity index (χ0n) is 20.1. The van der Waals surface area contributed by atoms with Gasteiger partial charge in [-0.1, -0.05) is 0 Å². The number of fused-ring (bicyclic) bond motifs is 4. The van der Waals surface area contributed by atoms with Gasteiger partial charge in [0.15, 0.2) is 11.5 Å². The molecule has 3 heterocycles. The number of benzene rings is 2. The van der Waals surface area contributed by atoms with E-state index in [9.17, 15) is 14.4 Å². The Balaban J connectivity index is 1.44. The fourth-order valence-corrected chi connectivity index (χ4v) is 5.07. The van der Waals surface area contributed by atoms with E-state index in [1.807, 2.05) is 26.0 Å². The van der Waals surface area contributed by atoms with Gasteiger partial charge in [0.25, 0.3) is 5.91 Å². The molecule has 1 saturated heterocycles. The second-order valence-electron chi connectivity index (χ2n) is 8.93. The van der Waals surface area contributed by atoms with Gasteiger partial charge in [-0.3, -0.25) is 19.3 Å². The minimum Gasteiger partial charge on any atom is -0.454 e. The van der Waals surface area contributed by atoms with Gasteiger partial charge in [-0.2, -0.15) is 0 Å². The summed E-state index contributed by atoms with van der Waals surface area (Å²) in [6.07, 6.45) is 2.73. The number of piperidine rings is 1. The van der Waals surface area contributed by atoms with E-state index >= 15 is 0 Å². The van der Waals surface area contributed by atoms with Crippen LogP contribution in [0.3, 0.4) is 0 Å². The summed E-state index contributed by atoms with van der Waals surface area (Å²) in [5.74, 6) is 0.680. The summed E-state index contributed by atoms with van der Waals surface area (Å²) in [6.45, 7) is 5.86. The van der Waals surface area contributed by atoms with Crippen molar-refractivity contribution in [3.05, 3.63) is 42.0 Å². The van der Waals surface area contributed by atoms with E-state index in [-0.39, 0.29) is 37.1 Å². The number of carbonyl (C=O) groups is 3. The predicted molar refractivity (Wildman–Crippen MR) is 132 cm³/mol. The van der Waals surface area contributed by atoms with E-state index in [1.54, 1.807) is 29.2 Å². The average molecular weight is 479 g/mol. The molecule has 0 radical (unpaired) electrons. The van der Waals surface area contributed by atoms with Crippen LogP contribution in [0.15, 0.2) is 36.4 Å². The smallest absolute Gasteiger partial charge is 0.253 e. The number of rotatable bonds is 6. The Bertz CT molecular complexity index is 1160. The van der Waals surface area contributed by atoms with Gasteiger partial charge in [0.2, 0.25) is 18.6 Å². The molecular weight excluding hydrogens is 448 g/mol. The molecule has 35 heavy (non-hydrogen) atoms. The minimum atomic E-state index is -0.326. The summed E-state index contributed by atoms with van der Waals surface area (Å²) >= 11 is 0. The van der Waals surface area contributed by atoms with Gasteiger partial charge < -0.3 is 24.6 Å². The number of hydrogen-bond donors (Lipinski definition) is 1. The Morgan fingerprint density at radius 3 is 2.63 bits per heavy atom. The fraction of sp³-hybridized carbons (Fsp3) is 0.423. The topological polar surface area (TPSA) is 91.4 Å². The van der Waals surface area contributed by atoms with Gasteiger partial charge in [-0.25, -0.2) is 0 Å². The van der Waals surface area contributed by atoms with E-state index in [2.05, 4.69) is 10.2 Å². The van der Waals surface area contributed by atoms with Crippen LogP contribution >= 0.6 is 0 Å². The number of anilines is 3. The van der Waals surface area contributed by atoms with Crippen LogP contribution in [0.4, 0.5) is 17.1 Å². The fourth-order valence-electron chi connectivity index (χ4n) is 5.07. The highest BCUT2D eigenvalue weighted by molar-refractivity contribution is 6.11. The molecule has 0 saturated carbocycles. The first-order chi connectivity index (χ1) is 17.0. The maximum Gasteiger partial charge on any atom is 0.253 e. The Kier molecular flexibility index (Phi) is 6.23. The van der Waals surface area contributed by atoms with E-state index in [4.69, 9.17) is 9.47 Å². The number of hydrogen-bond acceptors (Lipinski definition) is 6. The summed E-state index contributed by atoms with van der Waals surface area (Å²) in [7, 11) is 0. The zero-order valence-corrected chi connectivity index (χ0v) is 20.1. The largest absolute Gasteiger partial charge is 0.454 e. The summed E-state index contributed by atoms with van der Waals surface area (Å²) in [5.41, 5.74) is 2.57. The van der Waals surface area contributed by atoms with Crippen LogP contribution in [0, 0.1) is 0 Å². The lowest BCUT2D eigenvalue weighted by Crippen LogP contribution is -2.56. The first-order valence-electron chi connectivity index (χ1n) is 12.2. The zero-order chi connectivity index (χ0) is 24.5. The van der Waals surface area contributed by atoms with Crippen molar-refractivity contribution in [2.75, 3.05) is 48.1 Å². The standard InChI is InChI=1S/C26H30N4O5/c1-3-28(4-2)25(32)17-8-10-19-21(13-17)30(26(33)20-7-5-6-12-29(19)20)15-24(31)27-18-9-11-22-23(14-18)35-16-34-22/h8-11,13-14,20H,3-7,12,15-16H2,1-2H3,(H,27,31)/t20-/m1/s1. The molecule has 9 nitrogen and oxygen atoms in total. The Morgan fingerprint density at radius 1 is 1.03 bits per heavy atom. The van der Waals surface area contributed by atoms with Crippen LogP contribution in [-0.4, -0.2) is 61.6 Å². The SMILES string of the molecule is CCN(CC)C(=O)c1ccc2c(c1)N(CC(=O)Nc1ccc3c(c1)OCO3)C(=O)[C@H]1CCCCN21. The molecule has 3 aliphatic heterocycles. The van der Waals surface area contributed by atoms with Crippen molar-refractivity contribution in [2.45, 2.75) is 39.2 Å². The highest BCUT2D eigenvalue weighted by atomic mass is 16.7. The van der Waals surface area contributed by atoms with Gasteiger partial charge in [0, 0.05) is 37.0 Å². The number of amides is 3. The third-order valence-corrected chi connectivity index (χ3v) is 6.89. The molecule has 3 amide bonds. The van der Waals surface area contributed by atoms with Crippen molar-refractivity contribution in [1.82, 2.24) is 4.90 Å². The van der Waals surface area contributed by atoms with Gasteiger partial charge in [-0.15, -0.1) is 0 Å². The van der Waals surface area contributed by atoms with Crippen molar-refractivity contribution < 1.29 is 23.9 Å². The Labute approximate surface area is 204 Å². The lowest BCUT2D eigenvalue weighted by molar-refractivity contribution is -0.123. The van der Waals surface area contributed by atoms with Crippen LogP contribution in [0.5, 0.6) is 11.5 Å². The molecule has 0 bridgehead atoms. The van der Waals surface area contributed by atoms with E-state index in [1.165, 1.54) is 4.90 Å². The van der Waals surface area contributed by atoms with Crippen molar-refractivity contribution >= 4 is 34.8 Å². The molecule has 1 N–H and O–H groups in total. The van der Waals surface area contributed by atoms with Crippen LogP contribution in [0.2, 0.25) is 0 Å². The molecule has 0 spiro atoms. The monoisotopic (exact) mass is 478 g/mol. The molecule has 3 aliphatic rings. The average Bonchev–Trinajstić information content (AvgIpc) is 3.35. The lowest BCUT2D eigenvalue weighted by Gasteiger charge is -2.45. The Morgan fingerprint density at radius 2 is 1.83 bits per heavy atom. The summed E-state index contributed by atoms with van der Waals surface area (Å²) < 4.78 is 10.7. The molecule has 184 valence electrons. The molecule has 2 aromatic rings. The van der Waals surface area contributed by atoms with E-state index < -0.39 is 0 Å². The van der Waals surface area contributed by atoms with Gasteiger partial charge in [0.05, 0.1) is 11.4 Å². The molecule has 9 heteroatoms. The van der Waals surface area contributed by atoms with Crippen molar-refractivity contribution in [3.63, 3.8) is 0 Å². The summed E-state index contributed by atoms with van der Waals surface area (Å²) in [5, 5.41) is 2.86. The third kappa shape index (κ3) is 4.26. The number of ether oxygens (including phenoxy) is 2. The van der Waals surface area contributed by atoms with Crippen LogP contribution < -0.4 is 24.6 Å². The minimum absolute atomic E-state index is 0.0872. The molecule has 0 unspecified atom stereocenters. The van der Waals surface area contributed by atoms with Crippen LogP contribution in [0.1, 0.15) is 43.5 Å². The first kappa shape index (κ1) is 23.0. The molecule has 0 aromatic heterocycles. The molecule has 2 aromatic carbocycles. The lowest BCUT2D eigenvalue weighted by atomic mass is 9.95. The first-order valence-corrected chi connectivity index (χ1v) is 12.2. The van der Waals surface area contributed by atoms with Crippen LogP contribution in [-0.2, 0) is 9.59 Å². The van der Waals surface area contributed by atoms with E-state index in [0.717, 1.165) is 31.5 Å².